The molecule has 2 rings (SSSR count). The van der Waals surface area contributed by atoms with Crippen LogP contribution >= 0.6 is 0 Å². The van der Waals surface area contributed by atoms with Crippen LogP contribution in [-0.4, -0.2) is 35.7 Å². The molecule has 18 heavy (non-hydrogen) atoms. The van der Waals surface area contributed by atoms with Gasteiger partial charge in [-0.15, -0.1) is 0 Å². The monoisotopic (exact) mass is 248 g/mol. The van der Waals surface area contributed by atoms with E-state index < -0.39 is 5.54 Å². The van der Waals surface area contributed by atoms with Crippen molar-refractivity contribution in [3.05, 3.63) is 35.9 Å². The Labute approximate surface area is 110 Å². The Balaban J connectivity index is 2.14. The Morgan fingerprint density at radius 2 is 2.00 bits per heavy atom. The molecule has 1 aromatic rings. The van der Waals surface area contributed by atoms with Crippen molar-refractivity contribution in [3.63, 3.8) is 0 Å². The first-order chi connectivity index (χ1) is 8.55. The molecule has 3 nitrogen and oxygen atoms in total. The van der Waals surface area contributed by atoms with Crippen LogP contribution in [0.2, 0.25) is 0 Å². The van der Waals surface area contributed by atoms with Crippen LogP contribution in [0.3, 0.4) is 0 Å². The van der Waals surface area contributed by atoms with Gasteiger partial charge in [0.05, 0.1) is 12.1 Å². The number of aliphatic hydroxyl groups excluding tert-OH is 1. The minimum Gasteiger partial charge on any atom is -0.394 e. The topological polar surface area (TPSA) is 49.5 Å². The van der Waals surface area contributed by atoms with Crippen LogP contribution in [0, 0.1) is 5.92 Å². The lowest BCUT2D eigenvalue weighted by Gasteiger charge is -2.34. The fourth-order valence-corrected chi connectivity index (χ4v) is 2.97. The van der Waals surface area contributed by atoms with E-state index in [1.165, 1.54) is 6.42 Å². The summed E-state index contributed by atoms with van der Waals surface area (Å²) in [6.07, 6.45) is 1.22. The molecule has 3 atom stereocenters. The third kappa shape index (κ3) is 2.74. The highest BCUT2D eigenvalue weighted by Crippen LogP contribution is 2.27. The molecule has 0 saturated carbocycles. The summed E-state index contributed by atoms with van der Waals surface area (Å²) in [5.41, 5.74) is 6.77. The highest BCUT2D eigenvalue weighted by atomic mass is 16.3. The largest absolute Gasteiger partial charge is 0.394 e. The van der Waals surface area contributed by atoms with Gasteiger partial charge in [-0.1, -0.05) is 37.3 Å². The van der Waals surface area contributed by atoms with Gasteiger partial charge in [0.1, 0.15) is 0 Å². The summed E-state index contributed by atoms with van der Waals surface area (Å²) >= 11 is 0. The van der Waals surface area contributed by atoms with Crippen molar-refractivity contribution >= 4 is 0 Å². The highest BCUT2D eigenvalue weighted by molar-refractivity contribution is 5.24. The molecule has 100 valence electrons. The van der Waals surface area contributed by atoms with Crippen molar-refractivity contribution in [1.29, 1.82) is 0 Å². The second-order valence-electron chi connectivity index (χ2n) is 5.80. The van der Waals surface area contributed by atoms with Gasteiger partial charge in [-0.2, -0.15) is 0 Å². The molecule has 1 heterocycles. The molecular weight excluding hydrogens is 224 g/mol. The van der Waals surface area contributed by atoms with Crippen molar-refractivity contribution in [1.82, 2.24) is 4.90 Å². The molecule has 0 aliphatic carbocycles. The first-order valence-corrected chi connectivity index (χ1v) is 6.74. The number of benzene rings is 1. The average molecular weight is 248 g/mol. The molecule has 1 aromatic carbocycles. The van der Waals surface area contributed by atoms with Crippen LogP contribution in [0.4, 0.5) is 0 Å². The predicted molar refractivity (Wildman–Crippen MR) is 74.2 cm³/mol. The van der Waals surface area contributed by atoms with Gasteiger partial charge in [-0.05, 0) is 24.8 Å². The zero-order valence-corrected chi connectivity index (χ0v) is 11.3. The Morgan fingerprint density at radius 3 is 2.50 bits per heavy atom. The number of nitrogens with zero attached hydrogens (tertiary/aromatic N) is 1. The van der Waals surface area contributed by atoms with Crippen LogP contribution < -0.4 is 5.73 Å². The van der Waals surface area contributed by atoms with Gasteiger partial charge >= 0.3 is 0 Å². The Morgan fingerprint density at radius 1 is 1.33 bits per heavy atom. The molecule has 1 aliphatic rings. The number of hydrogen-bond acceptors (Lipinski definition) is 3. The second kappa shape index (κ2) is 5.39. The Bertz CT molecular complexity index is 381. The molecule has 0 spiro atoms. The molecule has 1 saturated heterocycles. The minimum atomic E-state index is -0.653. The standard InChI is InChI=1S/C15H24N2O/c1-12-8-13(2)17(9-12)10-15(16,11-18)14-6-4-3-5-7-14/h3-7,12-13,18H,8-11,16H2,1-2H3. The van der Waals surface area contributed by atoms with Crippen LogP contribution in [0.5, 0.6) is 0 Å². The van der Waals surface area contributed by atoms with E-state index in [1.807, 2.05) is 30.3 Å². The highest BCUT2D eigenvalue weighted by Gasteiger charge is 2.34. The number of likely N-dealkylation sites (tertiary alicyclic amines) is 1. The van der Waals surface area contributed by atoms with E-state index in [2.05, 4.69) is 18.7 Å². The lowest BCUT2D eigenvalue weighted by molar-refractivity contribution is 0.131. The smallest absolute Gasteiger partial charge is 0.0773 e. The van der Waals surface area contributed by atoms with E-state index in [0.29, 0.717) is 6.04 Å². The molecule has 3 unspecified atom stereocenters. The summed E-state index contributed by atoms with van der Waals surface area (Å²) in [6, 6.07) is 10.5. The van der Waals surface area contributed by atoms with Crippen LogP contribution in [0.1, 0.15) is 25.8 Å². The Hall–Kier alpha value is -0.900. The van der Waals surface area contributed by atoms with E-state index in [0.717, 1.165) is 24.6 Å². The summed E-state index contributed by atoms with van der Waals surface area (Å²) in [7, 11) is 0. The number of rotatable bonds is 4. The molecule has 3 heteroatoms. The van der Waals surface area contributed by atoms with E-state index in [4.69, 9.17) is 5.73 Å². The predicted octanol–water partition coefficient (Wildman–Crippen LogP) is 1.56. The quantitative estimate of drug-likeness (QED) is 0.850. The Kier molecular flexibility index (Phi) is 4.05. The lowest BCUT2D eigenvalue weighted by Crippen LogP contribution is -2.51. The van der Waals surface area contributed by atoms with Gasteiger partial charge in [-0.25, -0.2) is 0 Å². The van der Waals surface area contributed by atoms with Gasteiger partial charge in [0.25, 0.3) is 0 Å². The molecule has 1 fully saturated rings. The summed E-state index contributed by atoms with van der Waals surface area (Å²) in [4.78, 5) is 2.40. The van der Waals surface area contributed by atoms with Crippen LogP contribution in [0.15, 0.2) is 30.3 Å². The molecule has 3 N–H and O–H groups in total. The summed E-state index contributed by atoms with van der Waals surface area (Å²) in [6.45, 7) is 6.29. The molecule has 0 amide bonds. The van der Waals surface area contributed by atoms with Gasteiger partial charge < -0.3 is 10.8 Å². The SMILES string of the molecule is CC1CC(C)N(CC(N)(CO)c2ccccc2)C1. The van der Waals surface area contributed by atoms with Crippen molar-refractivity contribution in [2.24, 2.45) is 11.7 Å². The summed E-state index contributed by atoms with van der Waals surface area (Å²) < 4.78 is 0. The van der Waals surface area contributed by atoms with Crippen molar-refractivity contribution in [3.8, 4) is 0 Å². The fourth-order valence-electron chi connectivity index (χ4n) is 2.97. The maximum atomic E-state index is 9.70. The van der Waals surface area contributed by atoms with E-state index in [-0.39, 0.29) is 6.61 Å². The zero-order chi connectivity index (χ0) is 13.2. The second-order valence-corrected chi connectivity index (χ2v) is 5.80. The van der Waals surface area contributed by atoms with E-state index in [1.54, 1.807) is 0 Å². The van der Waals surface area contributed by atoms with Gasteiger partial charge in [-0.3, -0.25) is 4.90 Å². The van der Waals surface area contributed by atoms with Crippen LogP contribution in [0.25, 0.3) is 0 Å². The molecular formula is C15H24N2O. The van der Waals surface area contributed by atoms with Gasteiger partial charge in [0, 0.05) is 19.1 Å². The van der Waals surface area contributed by atoms with Crippen molar-refractivity contribution < 1.29 is 5.11 Å². The summed E-state index contributed by atoms with van der Waals surface area (Å²) in [5.74, 6) is 0.721. The van der Waals surface area contributed by atoms with Crippen molar-refractivity contribution in [2.75, 3.05) is 19.7 Å². The molecule has 0 aromatic heterocycles. The summed E-state index contributed by atoms with van der Waals surface area (Å²) in [5, 5.41) is 9.70. The fraction of sp³-hybridized carbons (Fsp3) is 0.600. The number of aliphatic hydroxyl groups is 1. The third-order valence-corrected chi connectivity index (χ3v) is 4.03. The zero-order valence-electron chi connectivity index (χ0n) is 11.3. The first kappa shape index (κ1) is 13.5. The maximum Gasteiger partial charge on any atom is 0.0773 e. The first-order valence-electron chi connectivity index (χ1n) is 6.74. The molecule has 0 bridgehead atoms. The van der Waals surface area contributed by atoms with Crippen molar-refractivity contribution in [2.45, 2.75) is 31.8 Å². The number of hydrogen-bond donors (Lipinski definition) is 2. The number of nitrogens with two attached hydrogens (primary N) is 1. The normalized spacial score (nSPS) is 28.2. The van der Waals surface area contributed by atoms with Crippen LogP contribution in [-0.2, 0) is 5.54 Å². The lowest BCUT2D eigenvalue weighted by atomic mass is 9.91. The molecule has 1 aliphatic heterocycles. The minimum absolute atomic E-state index is 0.0192. The van der Waals surface area contributed by atoms with E-state index >= 15 is 0 Å². The average Bonchev–Trinajstić information content (AvgIpc) is 2.68. The van der Waals surface area contributed by atoms with Gasteiger partial charge in [0.2, 0.25) is 0 Å². The van der Waals surface area contributed by atoms with E-state index in [9.17, 15) is 5.11 Å². The molecule has 0 radical (unpaired) electrons. The third-order valence-electron chi connectivity index (χ3n) is 4.03. The maximum absolute atomic E-state index is 9.70. The van der Waals surface area contributed by atoms with Gasteiger partial charge in [0.15, 0.2) is 0 Å².